The highest BCUT2D eigenvalue weighted by Gasteiger charge is 2.36. The first-order chi connectivity index (χ1) is 11.8. The largest absolute Gasteiger partial charge is 0.497 e. The van der Waals surface area contributed by atoms with E-state index in [1.807, 2.05) is 19.1 Å². The molecule has 134 valence electrons. The van der Waals surface area contributed by atoms with Gasteiger partial charge in [-0.2, -0.15) is 4.31 Å². The van der Waals surface area contributed by atoms with Crippen LogP contribution in [0.5, 0.6) is 5.75 Å². The van der Waals surface area contributed by atoms with Crippen molar-refractivity contribution in [1.82, 2.24) is 4.31 Å². The third kappa shape index (κ3) is 3.29. The lowest BCUT2D eigenvalue weighted by molar-refractivity contribution is 0.104. The second-order valence-electron chi connectivity index (χ2n) is 6.43. The summed E-state index contributed by atoms with van der Waals surface area (Å²) in [7, 11) is -2.09. The zero-order chi connectivity index (χ0) is 18.2. The fourth-order valence-electron chi connectivity index (χ4n) is 3.25. The van der Waals surface area contributed by atoms with Crippen LogP contribution in [0.1, 0.15) is 29.7 Å². The number of aryl methyl sites for hydroxylation is 1. The number of hydrogen-bond donors (Lipinski definition) is 1. The summed E-state index contributed by atoms with van der Waals surface area (Å²) in [5, 5.41) is 10.8. The number of nitrogens with zero attached hydrogens (tertiary/aromatic N) is 1. The van der Waals surface area contributed by atoms with Gasteiger partial charge < -0.3 is 9.84 Å². The van der Waals surface area contributed by atoms with E-state index in [9.17, 15) is 13.5 Å². The first-order valence-corrected chi connectivity index (χ1v) is 9.72. The van der Waals surface area contributed by atoms with Crippen LogP contribution in [-0.4, -0.2) is 37.5 Å². The van der Waals surface area contributed by atoms with Crippen LogP contribution in [0.3, 0.4) is 0 Å². The Morgan fingerprint density at radius 3 is 2.48 bits per heavy atom. The molecule has 1 aliphatic heterocycles. The maximum absolute atomic E-state index is 13.1. The molecule has 0 fully saturated rings. The highest BCUT2D eigenvalue weighted by Crippen LogP contribution is 2.33. The second-order valence-corrected chi connectivity index (χ2v) is 8.32. The van der Waals surface area contributed by atoms with Gasteiger partial charge in [-0.15, -0.1) is 0 Å². The van der Waals surface area contributed by atoms with Gasteiger partial charge in [-0.05, 0) is 55.7 Å². The van der Waals surface area contributed by atoms with Crippen LogP contribution in [0.25, 0.3) is 0 Å². The molecule has 3 rings (SSSR count). The highest BCUT2D eigenvalue weighted by atomic mass is 32.2. The Hall–Kier alpha value is -1.89. The number of rotatable bonds is 3. The van der Waals surface area contributed by atoms with E-state index in [1.54, 1.807) is 44.4 Å². The van der Waals surface area contributed by atoms with Crippen molar-refractivity contribution in [3.05, 3.63) is 59.2 Å². The van der Waals surface area contributed by atoms with Crippen molar-refractivity contribution in [3.8, 4) is 5.75 Å². The Labute approximate surface area is 148 Å². The van der Waals surface area contributed by atoms with E-state index in [2.05, 4.69) is 0 Å². The monoisotopic (exact) mass is 361 g/mol. The molecule has 2 aromatic rings. The minimum atomic E-state index is -3.68. The molecule has 0 aromatic heterocycles. The first-order valence-electron chi connectivity index (χ1n) is 8.28. The van der Waals surface area contributed by atoms with Crippen molar-refractivity contribution in [2.75, 3.05) is 13.7 Å². The van der Waals surface area contributed by atoms with Gasteiger partial charge in [-0.3, -0.25) is 0 Å². The molecule has 0 spiro atoms. The van der Waals surface area contributed by atoms with Gasteiger partial charge >= 0.3 is 0 Å². The van der Waals surface area contributed by atoms with Crippen molar-refractivity contribution >= 4 is 10.0 Å². The number of aliphatic hydroxyl groups is 1. The quantitative estimate of drug-likeness (QED) is 0.913. The maximum Gasteiger partial charge on any atom is 0.243 e. The fraction of sp³-hybridized carbons (Fsp3) is 0.368. The molecule has 0 unspecified atom stereocenters. The predicted molar refractivity (Wildman–Crippen MR) is 96.2 cm³/mol. The average Bonchev–Trinajstić information content (AvgIpc) is 2.72. The summed E-state index contributed by atoms with van der Waals surface area (Å²) in [6, 6.07) is 11.7. The van der Waals surface area contributed by atoms with Gasteiger partial charge in [-0.1, -0.05) is 23.8 Å². The summed E-state index contributed by atoms with van der Waals surface area (Å²) < 4.78 is 32.8. The first kappa shape index (κ1) is 17.9. The SMILES string of the molecule is COc1ccc2c(c1)CCN(S(=O)(=O)c1ccc(C)cc1)[C@@H](C)[C@H]2O. The summed E-state index contributed by atoms with van der Waals surface area (Å²) >= 11 is 0. The Morgan fingerprint density at radius 2 is 1.84 bits per heavy atom. The molecule has 0 amide bonds. The Balaban J connectivity index is 1.98. The molecule has 0 saturated carbocycles. The van der Waals surface area contributed by atoms with Gasteiger partial charge in [0.2, 0.25) is 10.0 Å². The zero-order valence-corrected chi connectivity index (χ0v) is 15.5. The smallest absolute Gasteiger partial charge is 0.243 e. The molecular formula is C19H23NO4S. The molecule has 6 heteroatoms. The predicted octanol–water partition coefficient (Wildman–Crippen LogP) is 2.67. The van der Waals surface area contributed by atoms with Gasteiger partial charge in [0.25, 0.3) is 0 Å². The van der Waals surface area contributed by atoms with Crippen LogP contribution in [0.4, 0.5) is 0 Å². The van der Waals surface area contributed by atoms with Gasteiger partial charge in [-0.25, -0.2) is 8.42 Å². The molecule has 0 bridgehead atoms. The average molecular weight is 361 g/mol. The molecule has 2 atom stereocenters. The summed E-state index contributed by atoms with van der Waals surface area (Å²) in [5.41, 5.74) is 2.68. The number of hydrogen-bond acceptors (Lipinski definition) is 4. The highest BCUT2D eigenvalue weighted by molar-refractivity contribution is 7.89. The number of aliphatic hydroxyl groups excluding tert-OH is 1. The van der Waals surface area contributed by atoms with E-state index < -0.39 is 22.2 Å². The molecule has 0 aliphatic carbocycles. The topological polar surface area (TPSA) is 66.8 Å². The Morgan fingerprint density at radius 1 is 1.16 bits per heavy atom. The van der Waals surface area contributed by atoms with Crippen molar-refractivity contribution in [3.63, 3.8) is 0 Å². The molecule has 1 aliphatic rings. The number of sulfonamides is 1. The van der Waals surface area contributed by atoms with E-state index in [-0.39, 0.29) is 4.90 Å². The number of ether oxygens (including phenoxy) is 1. The summed E-state index contributed by atoms with van der Waals surface area (Å²) in [6.45, 7) is 3.98. The lowest BCUT2D eigenvalue weighted by atomic mass is 9.98. The van der Waals surface area contributed by atoms with E-state index >= 15 is 0 Å². The number of benzene rings is 2. The van der Waals surface area contributed by atoms with Gasteiger partial charge in [0, 0.05) is 6.54 Å². The summed E-state index contributed by atoms with van der Waals surface area (Å²) in [4.78, 5) is 0.251. The molecule has 1 heterocycles. The van der Waals surface area contributed by atoms with Crippen molar-refractivity contribution in [2.45, 2.75) is 37.3 Å². The molecule has 0 saturated heterocycles. The Kier molecular flexibility index (Phi) is 4.86. The standard InChI is InChI=1S/C19H23NO4S/c1-13-4-7-17(8-5-13)25(22,23)20-11-10-15-12-16(24-3)6-9-18(15)19(21)14(20)2/h4-9,12,14,19,21H,10-11H2,1-3H3/t14-,19+/m0/s1. The molecule has 25 heavy (non-hydrogen) atoms. The molecule has 5 nitrogen and oxygen atoms in total. The minimum Gasteiger partial charge on any atom is -0.497 e. The molecule has 0 radical (unpaired) electrons. The Bertz CT molecular complexity index is 861. The lowest BCUT2D eigenvalue weighted by Gasteiger charge is -2.29. The number of methoxy groups -OCH3 is 1. The minimum absolute atomic E-state index is 0.251. The van der Waals surface area contributed by atoms with Crippen LogP contribution < -0.4 is 4.74 Å². The van der Waals surface area contributed by atoms with Crippen LogP contribution in [0.15, 0.2) is 47.4 Å². The molecular weight excluding hydrogens is 338 g/mol. The third-order valence-electron chi connectivity index (χ3n) is 4.81. The van der Waals surface area contributed by atoms with Crippen molar-refractivity contribution < 1.29 is 18.3 Å². The molecule has 2 aromatic carbocycles. The van der Waals surface area contributed by atoms with Crippen molar-refractivity contribution in [1.29, 1.82) is 0 Å². The lowest BCUT2D eigenvalue weighted by Crippen LogP contribution is -2.41. The number of fused-ring (bicyclic) bond motifs is 1. The fourth-order valence-corrected chi connectivity index (χ4v) is 4.89. The second kappa shape index (κ2) is 6.78. The summed E-state index contributed by atoms with van der Waals surface area (Å²) in [5.74, 6) is 0.702. The summed E-state index contributed by atoms with van der Waals surface area (Å²) in [6.07, 6.45) is -0.359. The van der Waals surface area contributed by atoms with Gasteiger partial charge in [0.05, 0.1) is 24.2 Å². The third-order valence-corrected chi connectivity index (χ3v) is 6.81. The van der Waals surface area contributed by atoms with E-state index in [0.29, 0.717) is 18.7 Å². The van der Waals surface area contributed by atoms with E-state index in [4.69, 9.17) is 4.74 Å². The van der Waals surface area contributed by atoms with Crippen molar-refractivity contribution in [2.24, 2.45) is 0 Å². The van der Waals surface area contributed by atoms with E-state index in [1.165, 1.54) is 4.31 Å². The zero-order valence-electron chi connectivity index (χ0n) is 14.6. The molecule has 1 N–H and O–H groups in total. The van der Waals surface area contributed by atoms with Gasteiger partial charge in [0.15, 0.2) is 0 Å². The van der Waals surface area contributed by atoms with Crippen LogP contribution in [-0.2, 0) is 16.4 Å². The normalized spacial score (nSPS) is 21.4. The van der Waals surface area contributed by atoms with Crippen LogP contribution in [0.2, 0.25) is 0 Å². The van der Waals surface area contributed by atoms with Crippen LogP contribution in [0, 0.1) is 6.92 Å². The van der Waals surface area contributed by atoms with Crippen LogP contribution >= 0.6 is 0 Å². The van der Waals surface area contributed by atoms with E-state index in [0.717, 1.165) is 16.7 Å². The van der Waals surface area contributed by atoms with Gasteiger partial charge in [0.1, 0.15) is 5.75 Å². The maximum atomic E-state index is 13.1.